The van der Waals surface area contributed by atoms with Gasteiger partial charge in [0.2, 0.25) is 5.82 Å². The van der Waals surface area contributed by atoms with E-state index in [1.807, 2.05) is 6.07 Å². The van der Waals surface area contributed by atoms with E-state index in [0.717, 1.165) is 0 Å². The summed E-state index contributed by atoms with van der Waals surface area (Å²) in [7, 11) is 0. The number of aromatic amines is 1. The van der Waals surface area contributed by atoms with Gasteiger partial charge < -0.3 is 9.84 Å². The molecule has 4 rings (SSSR count). The van der Waals surface area contributed by atoms with Crippen LogP contribution in [0, 0.1) is 11.3 Å². The SMILES string of the molecule is N#Cc1ccc(NC(=O)c2noc3cc(Cl)ccc23)c(-c2nn[nH]n2)c1. The monoisotopic (exact) mass is 365 g/mol. The third-order valence-electron chi connectivity index (χ3n) is 3.63. The Kier molecular flexibility index (Phi) is 3.79. The Morgan fingerprint density at radius 2 is 2.15 bits per heavy atom. The summed E-state index contributed by atoms with van der Waals surface area (Å²) in [5.74, 6) is -0.241. The van der Waals surface area contributed by atoms with Crippen LogP contribution in [-0.2, 0) is 0 Å². The Hall–Kier alpha value is -3.77. The maximum Gasteiger partial charge on any atom is 0.278 e. The van der Waals surface area contributed by atoms with Gasteiger partial charge in [-0.05, 0) is 35.5 Å². The normalized spacial score (nSPS) is 10.6. The van der Waals surface area contributed by atoms with Gasteiger partial charge in [-0.25, -0.2) is 0 Å². The van der Waals surface area contributed by atoms with Crippen molar-refractivity contribution in [3.8, 4) is 17.5 Å². The number of carbonyl (C=O) groups excluding carboxylic acids is 1. The minimum atomic E-state index is -0.486. The van der Waals surface area contributed by atoms with E-state index >= 15 is 0 Å². The number of hydrogen-bond acceptors (Lipinski definition) is 7. The summed E-state index contributed by atoms with van der Waals surface area (Å²) in [5, 5.41) is 30.3. The van der Waals surface area contributed by atoms with Gasteiger partial charge in [0.15, 0.2) is 11.3 Å². The second kappa shape index (κ2) is 6.27. The molecule has 0 saturated carbocycles. The highest BCUT2D eigenvalue weighted by Gasteiger charge is 2.19. The van der Waals surface area contributed by atoms with Gasteiger partial charge in [-0.15, -0.1) is 10.2 Å². The number of fused-ring (bicyclic) bond motifs is 1. The van der Waals surface area contributed by atoms with Gasteiger partial charge in [-0.3, -0.25) is 4.79 Å². The van der Waals surface area contributed by atoms with Crippen molar-refractivity contribution in [2.45, 2.75) is 0 Å². The Bertz CT molecular complexity index is 1160. The molecule has 2 heterocycles. The highest BCUT2D eigenvalue weighted by atomic mass is 35.5. The predicted octanol–water partition coefficient (Wildman–Crippen LogP) is 2.79. The molecular formula is C16H8ClN7O2. The van der Waals surface area contributed by atoms with Gasteiger partial charge >= 0.3 is 0 Å². The summed E-state index contributed by atoms with van der Waals surface area (Å²) in [6.07, 6.45) is 0. The first-order chi connectivity index (χ1) is 12.7. The van der Waals surface area contributed by atoms with Crippen molar-refractivity contribution >= 4 is 34.2 Å². The average Bonchev–Trinajstić information content (AvgIpc) is 3.31. The fourth-order valence-electron chi connectivity index (χ4n) is 2.44. The lowest BCUT2D eigenvalue weighted by atomic mass is 10.1. The van der Waals surface area contributed by atoms with E-state index in [2.05, 4.69) is 31.1 Å². The van der Waals surface area contributed by atoms with Crippen LogP contribution in [0.3, 0.4) is 0 Å². The predicted molar refractivity (Wildman–Crippen MR) is 91.3 cm³/mol. The van der Waals surface area contributed by atoms with Crippen LogP contribution in [-0.4, -0.2) is 31.7 Å². The van der Waals surface area contributed by atoms with E-state index in [9.17, 15) is 4.79 Å². The number of anilines is 1. The Labute approximate surface area is 150 Å². The van der Waals surface area contributed by atoms with Crippen LogP contribution in [0.25, 0.3) is 22.4 Å². The quantitative estimate of drug-likeness (QED) is 0.570. The molecule has 9 nitrogen and oxygen atoms in total. The number of nitrogens with zero attached hydrogens (tertiary/aromatic N) is 5. The second-order valence-corrected chi connectivity index (χ2v) is 5.67. The van der Waals surface area contributed by atoms with Crippen molar-refractivity contribution in [1.82, 2.24) is 25.8 Å². The van der Waals surface area contributed by atoms with Crippen molar-refractivity contribution in [2.24, 2.45) is 0 Å². The van der Waals surface area contributed by atoms with Crippen LogP contribution in [0.2, 0.25) is 5.02 Å². The molecule has 26 heavy (non-hydrogen) atoms. The number of nitrogens with one attached hydrogen (secondary N) is 2. The van der Waals surface area contributed by atoms with Crippen LogP contribution < -0.4 is 5.32 Å². The number of rotatable bonds is 3. The number of amides is 1. The molecule has 0 atom stereocenters. The van der Waals surface area contributed by atoms with Crippen LogP contribution in [0.4, 0.5) is 5.69 Å². The fraction of sp³-hybridized carbons (Fsp3) is 0. The molecule has 0 unspecified atom stereocenters. The molecule has 10 heteroatoms. The maximum absolute atomic E-state index is 12.7. The zero-order valence-electron chi connectivity index (χ0n) is 12.9. The summed E-state index contributed by atoms with van der Waals surface area (Å²) in [5.41, 5.74) is 1.76. The number of halogens is 1. The molecule has 0 aliphatic carbocycles. The number of nitriles is 1. The lowest BCUT2D eigenvalue weighted by molar-refractivity contribution is 0.102. The molecule has 2 N–H and O–H groups in total. The number of carbonyl (C=O) groups is 1. The van der Waals surface area contributed by atoms with E-state index in [-0.39, 0.29) is 11.5 Å². The van der Waals surface area contributed by atoms with Gasteiger partial charge in [0, 0.05) is 16.7 Å². The van der Waals surface area contributed by atoms with Gasteiger partial charge in [0.25, 0.3) is 5.91 Å². The topological polar surface area (TPSA) is 133 Å². The summed E-state index contributed by atoms with van der Waals surface area (Å²) in [4.78, 5) is 12.7. The Balaban J connectivity index is 1.73. The first-order valence-electron chi connectivity index (χ1n) is 7.30. The van der Waals surface area contributed by atoms with E-state index in [1.54, 1.807) is 36.4 Å². The van der Waals surface area contributed by atoms with Crippen LogP contribution in [0.5, 0.6) is 0 Å². The van der Waals surface area contributed by atoms with E-state index in [1.165, 1.54) is 0 Å². The Morgan fingerprint density at radius 3 is 2.92 bits per heavy atom. The smallest absolute Gasteiger partial charge is 0.278 e. The highest BCUT2D eigenvalue weighted by molar-refractivity contribution is 6.31. The molecule has 0 aliphatic rings. The third-order valence-corrected chi connectivity index (χ3v) is 3.87. The molecule has 0 saturated heterocycles. The molecule has 0 fully saturated rings. The lowest BCUT2D eigenvalue weighted by Crippen LogP contribution is -2.13. The second-order valence-electron chi connectivity index (χ2n) is 5.23. The third kappa shape index (κ3) is 2.74. The first-order valence-corrected chi connectivity index (χ1v) is 7.68. The van der Waals surface area contributed by atoms with Crippen molar-refractivity contribution in [3.05, 3.63) is 52.7 Å². The van der Waals surface area contributed by atoms with Gasteiger partial charge in [0.05, 0.1) is 22.7 Å². The van der Waals surface area contributed by atoms with Crippen molar-refractivity contribution in [3.63, 3.8) is 0 Å². The molecule has 0 radical (unpaired) electrons. The van der Waals surface area contributed by atoms with Crippen LogP contribution in [0.15, 0.2) is 40.9 Å². The average molecular weight is 366 g/mol. The number of H-pyrrole nitrogens is 1. The lowest BCUT2D eigenvalue weighted by Gasteiger charge is -2.08. The minimum Gasteiger partial charge on any atom is -0.355 e. The summed E-state index contributed by atoms with van der Waals surface area (Å²) < 4.78 is 5.15. The fourth-order valence-corrected chi connectivity index (χ4v) is 2.60. The zero-order valence-corrected chi connectivity index (χ0v) is 13.7. The number of aromatic nitrogens is 5. The summed E-state index contributed by atoms with van der Waals surface area (Å²) in [6.45, 7) is 0. The Morgan fingerprint density at radius 1 is 1.27 bits per heavy atom. The molecule has 0 aliphatic heterocycles. The summed E-state index contributed by atoms with van der Waals surface area (Å²) >= 11 is 5.91. The van der Waals surface area contributed by atoms with Crippen molar-refractivity contribution in [1.29, 1.82) is 5.26 Å². The van der Waals surface area contributed by atoms with E-state index in [0.29, 0.717) is 32.8 Å². The minimum absolute atomic E-state index is 0.111. The molecular weight excluding hydrogens is 358 g/mol. The summed E-state index contributed by atoms with van der Waals surface area (Å²) in [6, 6.07) is 11.6. The van der Waals surface area contributed by atoms with Crippen LogP contribution in [0.1, 0.15) is 16.1 Å². The van der Waals surface area contributed by atoms with Gasteiger partial charge in [-0.2, -0.15) is 10.5 Å². The largest absolute Gasteiger partial charge is 0.355 e. The molecule has 2 aromatic heterocycles. The number of benzene rings is 2. The van der Waals surface area contributed by atoms with E-state index < -0.39 is 5.91 Å². The van der Waals surface area contributed by atoms with Crippen molar-refractivity contribution < 1.29 is 9.32 Å². The molecule has 0 spiro atoms. The van der Waals surface area contributed by atoms with Gasteiger partial charge in [-0.1, -0.05) is 16.8 Å². The molecule has 0 bridgehead atoms. The van der Waals surface area contributed by atoms with E-state index in [4.69, 9.17) is 21.4 Å². The number of tetrazole rings is 1. The first kappa shape index (κ1) is 15.7. The molecule has 1 amide bonds. The molecule has 126 valence electrons. The molecule has 2 aromatic carbocycles. The van der Waals surface area contributed by atoms with Crippen LogP contribution >= 0.6 is 11.6 Å². The highest BCUT2D eigenvalue weighted by Crippen LogP contribution is 2.28. The number of hydrogen-bond donors (Lipinski definition) is 2. The standard InChI is InChI=1S/C16H8ClN7O2/c17-9-2-3-10-13(6-9)26-22-14(10)16(25)19-12-4-1-8(7-18)5-11(12)15-20-23-24-21-15/h1-6H,(H,19,25)(H,20,21,23,24). The molecule has 4 aromatic rings. The van der Waals surface area contributed by atoms with Gasteiger partial charge in [0.1, 0.15) is 0 Å². The van der Waals surface area contributed by atoms with Crippen molar-refractivity contribution in [2.75, 3.05) is 5.32 Å². The zero-order chi connectivity index (χ0) is 18.1. The maximum atomic E-state index is 12.7.